The van der Waals surface area contributed by atoms with E-state index in [9.17, 15) is 0 Å². The van der Waals surface area contributed by atoms with Gasteiger partial charge in [-0.25, -0.2) is 0 Å². The van der Waals surface area contributed by atoms with Crippen molar-refractivity contribution in [1.82, 2.24) is 10.2 Å². The molecule has 0 aromatic rings. The SMILES string of the molecule is CCCCC(CC)NC(C)CN1CCCC1. The van der Waals surface area contributed by atoms with E-state index in [1.165, 1.54) is 58.2 Å². The average Bonchev–Trinajstić information content (AvgIpc) is 2.76. The van der Waals surface area contributed by atoms with Crippen molar-refractivity contribution in [2.45, 2.75) is 71.4 Å². The average molecular weight is 226 g/mol. The van der Waals surface area contributed by atoms with Crippen LogP contribution < -0.4 is 5.32 Å². The van der Waals surface area contributed by atoms with Crippen molar-refractivity contribution < 1.29 is 0 Å². The summed E-state index contributed by atoms with van der Waals surface area (Å²) in [5.41, 5.74) is 0. The first-order valence-electron chi connectivity index (χ1n) is 7.24. The molecule has 1 N–H and O–H groups in total. The largest absolute Gasteiger partial charge is 0.310 e. The third kappa shape index (κ3) is 5.31. The maximum atomic E-state index is 3.79. The van der Waals surface area contributed by atoms with Crippen LogP contribution in [0, 0.1) is 0 Å². The quantitative estimate of drug-likeness (QED) is 0.684. The van der Waals surface area contributed by atoms with E-state index in [0.29, 0.717) is 6.04 Å². The van der Waals surface area contributed by atoms with E-state index in [-0.39, 0.29) is 0 Å². The highest BCUT2D eigenvalue weighted by atomic mass is 15.2. The lowest BCUT2D eigenvalue weighted by atomic mass is 10.1. The molecule has 0 radical (unpaired) electrons. The lowest BCUT2D eigenvalue weighted by molar-refractivity contribution is 0.279. The molecule has 0 spiro atoms. The molecule has 1 aliphatic heterocycles. The topological polar surface area (TPSA) is 15.3 Å². The smallest absolute Gasteiger partial charge is 0.0169 e. The molecule has 1 heterocycles. The fraction of sp³-hybridized carbons (Fsp3) is 1.00. The molecule has 2 atom stereocenters. The third-order valence-corrected chi connectivity index (χ3v) is 3.65. The molecular weight excluding hydrogens is 196 g/mol. The van der Waals surface area contributed by atoms with Crippen molar-refractivity contribution in [2.24, 2.45) is 0 Å². The van der Waals surface area contributed by atoms with Crippen LogP contribution in [0.15, 0.2) is 0 Å². The van der Waals surface area contributed by atoms with E-state index >= 15 is 0 Å². The van der Waals surface area contributed by atoms with Crippen LogP contribution in [0.1, 0.15) is 59.3 Å². The van der Waals surface area contributed by atoms with E-state index in [0.717, 1.165) is 6.04 Å². The summed E-state index contributed by atoms with van der Waals surface area (Å²) in [4.78, 5) is 2.60. The summed E-state index contributed by atoms with van der Waals surface area (Å²) in [7, 11) is 0. The zero-order valence-electron chi connectivity index (χ0n) is 11.5. The van der Waals surface area contributed by atoms with Crippen LogP contribution in [-0.4, -0.2) is 36.6 Å². The van der Waals surface area contributed by atoms with Gasteiger partial charge in [-0.3, -0.25) is 0 Å². The predicted octanol–water partition coefficient (Wildman–Crippen LogP) is 3.03. The molecule has 2 heteroatoms. The molecule has 2 unspecified atom stereocenters. The fourth-order valence-electron chi connectivity index (χ4n) is 2.66. The Balaban J connectivity index is 2.16. The Bertz CT molecular complexity index is 164. The second kappa shape index (κ2) is 8.08. The van der Waals surface area contributed by atoms with Crippen LogP contribution in [0.3, 0.4) is 0 Å². The first-order chi connectivity index (χ1) is 7.76. The zero-order valence-corrected chi connectivity index (χ0v) is 11.5. The lowest BCUT2D eigenvalue weighted by Crippen LogP contribution is -2.43. The number of hydrogen-bond donors (Lipinski definition) is 1. The summed E-state index contributed by atoms with van der Waals surface area (Å²) in [6.07, 6.45) is 8.10. The van der Waals surface area contributed by atoms with Gasteiger partial charge in [0.05, 0.1) is 0 Å². The summed E-state index contributed by atoms with van der Waals surface area (Å²) in [6, 6.07) is 1.39. The van der Waals surface area contributed by atoms with Gasteiger partial charge in [0.25, 0.3) is 0 Å². The standard InChI is InChI=1S/C14H30N2/c1-4-6-9-14(5-2)15-13(3)12-16-10-7-8-11-16/h13-15H,4-12H2,1-3H3. The van der Waals surface area contributed by atoms with Crippen molar-refractivity contribution in [3.8, 4) is 0 Å². The molecule has 0 aliphatic carbocycles. The van der Waals surface area contributed by atoms with Crippen LogP contribution in [0.2, 0.25) is 0 Å². The van der Waals surface area contributed by atoms with E-state index < -0.39 is 0 Å². The van der Waals surface area contributed by atoms with Crippen molar-refractivity contribution >= 4 is 0 Å². The normalized spacial score (nSPS) is 21.2. The number of nitrogens with zero attached hydrogens (tertiary/aromatic N) is 1. The fourth-order valence-corrected chi connectivity index (χ4v) is 2.66. The first-order valence-corrected chi connectivity index (χ1v) is 7.24. The molecule has 1 saturated heterocycles. The Morgan fingerprint density at radius 1 is 1.19 bits per heavy atom. The maximum absolute atomic E-state index is 3.79. The molecule has 0 amide bonds. The van der Waals surface area contributed by atoms with Gasteiger partial charge in [-0.05, 0) is 45.7 Å². The van der Waals surface area contributed by atoms with Crippen LogP contribution in [0.25, 0.3) is 0 Å². The van der Waals surface area contributed by atoms with E-state index in [1.54, 1.807) is 0 Å². The van der Waals surface area contributed by atoms with Crippen LogP contribution >= 0.6 is 0 Å². The van der Waals surface area contributed by atoms with E-state index in [1.807, 2.05) is 0 Å². The first kappa shape index (κ1) is 14.0. The molecule has 0 aromatic carbocycles. The Hall–Kier alpha value is -0.0800. The van der Waals surface area contributed by atoms with Crippen molar-refractivity contribution in [2.75, 3.05) is 19.6 Å². The molecule has 1 fully saturated rings. The highest BCUT2D eigenvalue weighted by Gasteiger charge is 2.16. The number of rotatable bonds is 8. The minimum absolute atomic E-state index is 0.653. The van der Waals surface area contributed by atoms with Crippen molar-refractivity contribution in [3.05, 3.63) is 0 Å². The summed E-state index contributed by atoms with van der Waals surface area (Å²) in [5, 5.41) is 3.79. The highest BCUT2D eigenvalue weighted by Crippen LogP contribution is 2.09. The van der Waals surface area contributed by atoms with Crippen LogP contribution in [0.5, 0.6) is 0 Å². The second-order valence-electron chi connectivity index (χ2n) is 5.32. The number of likely N-dealkylation sites (tertiary alicyclic amines) is 1. The zero-order chi connectivity index (χ0) is 11.8. The van der Waals surface area contributed by atoms with Crippen LogP contribution in [0.4, 0.5) is 0 Å². The molecule has 2 nitrogen and oxygen atoms in total. The van der Waals surface area contributed by atoms with E-state index in [2.05, 4.69) is 31.0 Å². The Morgan fingerprint density at radius 3 is 2.44 bits per heavy atom. The van der Waals surface area contributed by atoms with Crippen molar-refractivity contribution in [3.63, 3.8) is 0 Å². The summed E-state index contributed by atoms with van der Waals surface area (Å²) in [5.74, 6) is 0. The molecule has 1 aliphatic rings. The molecule has 0 aromatic heterocycles. The maximum Gasteiger partial charge on any atom is 0.0169 e. The molecule has 0 saturated carbocycles. The summed E-state index contributed by atoms with van der Waals surface area (Å²) >= 11 is 0. The van der Waals surface area contributed by atoms with Crippen LogP contribution in [-0.2, 0) is 0 Å². The molecule has 96 valence electrons. The predicted molar refractivity (Wildman–Crippen MR) is 71.9 cm³/mol. The number of hydrogen-bond acceptors (Lipinski definition) is 2. The van der Waals surface area contributed by atoms with Gasteiger partial charge in [0.2, 0.25) is 0 Å². The Kier molecular flexibility index (Phi) is 7.06. The van der Waals surface area contributed by atoms with Gasteiger partial charge < -0.3 is 10.2 Å². The monoisotopic (exact) mass is 226 g/mol. The number of unbranched alkanes of at least 4 members (excludes halogenated alkanes) is 1. The highest BCUT2D eigenvalue weighted by molar-refractivity contribution is 4.76. The second-order valence-corrected chi connectivity index (χ2v) is 5.32. The molecule has 0 bridgehead atoms. The van der Waals surface area contributed by atoms with Gasteiger partial charge in [-0.15, -0.1) is 0 Å². The van der Waals surface area contributed by atoms with Gasteiger partial charge in [0.15, 0.2) is 0 Å². The van der Waals surface area contributed by atoms with Gasteiger partial charge in [0, 0.05) is 18.6 Å². The van der Waals surface area contributed by atoms with Gasteiger partial charge in [-0.2, -0.15) is 0 Å². The van der Waals surface area contributed by atoms with E-state index in [4.69, 9.17) is 0 Å². The minimum atomic E-state index is 0.653. The summed E-state index contributed by atoms with van der Waals surface area (Å²) < 4.78 is 0. The molecule has 16 heavy (non-hydrogen) atoms. The molecular formula is C14H30N2. The Morgan fingerprint density at radius 2 is 1.88 bits per heavy atom. The minimum Gasteiger partial charge on any atom is -0.310 e. The van der Waals surface area contributed by atoms with Gasteiger partial charge in [-0.1, -0.05) is 26.7 Å². The number of nitrogens with one attached hydrogen (secondary N) is 1. The lowest BCUT2D eigenvalue weighted by Gasteiger charge is -2.26. The van der Waals surface area contributed by atoms with Crippen molar-refractivity contribution in [1.29, 1.82) is 0 Å². The third-order valence-electron chi connectivity index (χ3n) is 3.65. The molecule has 1 rings (SSSR count). The Labute approximate surface area is 102 Å². The van der Waals surface area contributed by atoms with Gasteiger partial charge in [0.1, 0.15) is 0 Å². The summed E-state index contributed by atoms with van der Waals surface area (Å²) in [6.45, 7) is 10.8. The van der Waals surface area contributed by atoms with Gasteiger partial charge >= 0.3 is 0 Å².